The fraction of sp³-hybridized carbons (Fsp3) is 0.0588. The van der Waals surface area contributed by atoms with Crippen molar-refractivity contribution < 1.29 is 0 Å². The molecule has 0 amide bonds. The third-order valence-electron chi connectivity index (χ3n) is 4.03. The van der Waals surface area contributed by atoms with Gasteiger partial charge in [0.1, 0.15) is 17.6 Å². The van der Waals surface area contributed by atoms with Crippen molar-refractivity contribution in [1.29, 1.82) is 10.5 Å². The van der Waals surface area contributed by atoms with Gasteiger partial charge in [0, 0.05) is 4.88 Å². The Bertz CT molecular complexity index is 940. The molecule has 0 saturated carbocycles. The van der Waals surface area contributed by atoms with Crippen molar-refractivity contribution >= 4 is 22.7 Å². The van der Waals surface area contributed by atoms with Crippen LogP contribution in [-0.2, 0) is 0 Å². The first-order chi connectivity index (χ1) is 11.3. The van der Waals surface area contributed by atoms with Crippen LogP contribution in [0.2, 0.25) is 0 Å². The van der Waals surface area contributed by atoms with Crippen LogP contribution in [0.15, 0.2) is 64.6 Å². The highest BCUT2D eigenvalue weighted by Gasteiger charge is 2.40. The summed E-state index contributed by atoms with van der Waals surface area (Å²) in [4.78, 5) is 2.70. The second kappa shape index (κ2) is 4.91. The topological polar surface area (TPSA) is 88.9 Å². The van der Waals surface area contributed by atoms with E-state index >= 15 is 0 Å². The molecule has 2 aromatic rings. The summed E-state index contributed by atoms with van der Waals surface area (Å²) >= 11 is 1.53. The van der Waals surface area contributed by atoms with Crippen LogP contribution in [0.1, 0.15) is 10.8 Å². The maximum absolute atomic E-state index is 9.68. The largest absolute Gasteiger partial charge is 0.398 e. The second-order valence-electron chi connectivity index (χ2n) is 5.22. The molecule has 5 nitrogen and oxygen atoms in total. The summed E-state index contributed by atoms with van der Waals surface area (Å²) in [5, 5.41) is 24.6. The van der Waals surface area contributed by atoms with Gasteiger partial charge in [-0.05, 0) is 23.6 Å². The van der Waals surface area contributed by atoms with Crippen LogP contribution in [0.3, 0.4) is 0 Å². The molecule has 0 bridgehead atoms. The van der Waals surface area contributed by atoms with Crippen LogP contribution in [0.4, 0.5) is 11.4 Å². The van der Waals surface area contributed by atoms with Crippen LogP contribution in [0.25, 0.3) is 0 Å². The Labute approximate surface area is 137 Å². The van der Waals surface area contributed by atoms with E-state index in [1.54, 1.807) is 4.90 Å². The Balaban J connectivity index is 1.99. The van der Waals surface area contributed by atoms with Crippen molar-refractivity contribution in [3.05, 3.63) is 69.4 Å². The van der Waals surface area contributed by atoms with Crippen LogP contribution in [0.5, 0.6) is 0 Å². The number of nitrogens with zero attached hydrogens (tertiary/aromatic N) is 3. The number of benzene rings is 1. The number of thiophene rings is 1. The SMILES string of the molecule is N#CC1=C(C#N)N2C(=C(N)C1c1cccs1)Nc1ccccc12. The molecule has 0 saturated heterocycles. The highest BCUT2D eigenvalue weighted by Crippen LogP contribution is 2.47. The van der Waals surface area contributed by atoms with Crippen LogP contribution < -0.4 is 16.0 Å². The molecule has 6 heteroatoms. The van der Waals surface area contributed by atoms with Crippen molar-refractivity contribution in [2.45, 2.75) is 5.92 Å². The minimum Gasteiger partial charge on any atom is -0.398 e. The molecular formula is C17H11N5S. The number of nitriles is 2. The molecular weight excluding hydrogens is 306 g/mol. The molecule has 0 spiro atoms. The number of rotatable bonds is 1. The van der Waals surface area contributed by atoms with Crippen LogP contribution in [0, 0.1) is 22.7 Å². The van der Waals surface area contributed by atoms with Gasteiger partial charge < -0.3 is 11.1 Å². The predicted molar refractivity (Wildman–Crippen MR) is 89.1 cm³/mol. The van der Waals surface area contributed by atoms with Crippen molar-refractivity contribution in [1.82, 2.24) is 0 Å². The third-order valence-corrected chi connectivity index (χ3v) is 4.96. The van der Waals surface area contributed by atoms with E-state index in [2.05, 4.69) is 17.5 Å². The lowest BCUT2D eigenvalue weighted by Gasteiger charge is -2.30. The lowest BCUT2D eigenvalue weighted by molar-refractivity contribution is 0.865. The Morgan fingerprint density at radius 2 is 1.96 bits per heavy atom. The van der Waals surface area contributed by atoms with Gasteiger partial charge in [0.05, 0.1) is 34.6 Å². The van der Waals surface area contributed by atoms with Gasteiger partial charge in [0.15, 0.2) is 0 Å². The number of fused-ring (bicyclic) bond motifs is 3. The number of para-hydroxylation sites is 2. The van der Waals surface area contributed by atoms with Crippen molar-refractivity contribution in [3.63, 3.8) is 0 Å². The van der Waals surface area contributed by atoms with Gasteiger partial charge >= 0.3 is 0 Å². The number of hydrogen-bond acceptors (Lipinski definition) is 6. The highest BCUT2D eigenvalue weighted by atomic mass is 32.1. The van der Waals surface area contributed by atoms with Gasteiger partial charge in [-0.3, -0.25) is 4.90 Å². The van der Waals surface area contributed by atoms with Gasteiger partial charge in [-0.25, -0.2) is 0 Å². The van der Waals surface area contributed by atoms with Gasteiger partial charge in [-0.1, -0.05) is 18.2 Å². The number of nitrogens with two attached hydrogens (primary N) is 1. The molecule has 110 valence electrons. The number of hydrogen-bond donors (Lipinski definition) is 2. The molecule has 4 rings (SSSR count). The van der Waals surface area contributed by atoms with Gasteiger partial charge in [0.2, 0.25) is 0 Å². The molecule has 0 radical (unpaired) electrons. The van der Waals surface area contributed by atoms with Gasteiger partial charge in [0.25, 0.3) is 0 Å². The lowest BCUT2D eigenvalue weighted by Crippen LogP contribution is -2.32. The molecule has 1 aromatic heterocycles. The highest BCUT2D eigenvalue weighted by molar-refractivity contribution is 7.10. The van der Waals surface area contributed by atoms with Crippen molar-refractivity contribution in [3.8, 4) is 12.1 Å². The minimum absolute atomic E-state index is 0.326. The van der Waals surface area contributed by atoms with Crippen LogP contribution in [-0.4, -0.2) is 0 Å². The van der Waals surface area contributed by atoms with E-state index in [0.29, 0.717) is 22.8 Å². The first kappa shape index (κ1) is 13.4. The molecule has 3 N–H and O–H groups in total. The summed E-state index contributed by atoms with van der Waals surface area (Å²) < 4.78 is 0. The Kier molecular flexibility index (Phi) is 2.87. The third kappa shape index (κ3) is 1.76. The number of allylic oxidation sites excluding steroid dienone is 2. The summed E-state index contributed by atoms with van der Waals surface area (Å²) in [7, 11) is 0. The first-order valence-corrected chi connectivity index (χ1v) is 7.87. The van der Waals surface area contributed by atoms with Crippen molar-refractivity contribution in [2.24, 2.45) is 5.73 Å². The minimum atomic E-state index is -0.386. The number of anilines is 2. The quantitative estimate of drug-likeness (QED) is 0.843. The van der Waals surface area contributed by atoms with Gasteiger partial charge in [-0.15, -0.1) is 11.3 Å². The van der Waals surface area contributed by atoms with E-state index in [0.717, 1.165) is 16.3 Å². The molecule has 3 heterocycles. The van der Waals surface area contributed by atoms with E-state index in [9.17, 15) is 10.5 Å². The maximum Gasteiger partial charge on any atom is 0.141 e. The normalized spacial score (nSPS) is 18.9. The molecule has 0 aliphatic carbocycles. The van der Waals surface area contributed by atoms with Crippen molar-refractivity contribution in [2.75, 3.05) is 10.2 Å². The molecule has 2 aliphatic heterocycles. The van der Waals surface area contributed by atoms with E-state index in [1.807, 2.05) is 41.8 Å². The molecule has 2 aliphatic rings. The average Bonchev–Trinajstić information content (AvgIpc) is 3.22. The Morgan fingerprint density at radius 3 is 2.65 bits per heavy atom. The van der Waals surface area contributed by atoms with E-state index in [1.165, 1.54) is 11.3 Å². The summed E-state index contributed by atoms with van der Waals surface area (Å²) in [5.74, 6) is 0.280. The summed E-state index contributed by atoms with van der Waals surface area (Å²) in [6.07, 6.45) is 0. The molecule has 1 atom stereocenters. The predicted octanol–water partition coefficient (Wildman–Crippen LogP) is 3.21. The fourth-order valence-electron chi connectivity index (χ4n) is 3.04. The summed E-state index contributed by atoms with van der Waals surface area (Å²) in [6.45, 7) is 0. The maximum atomic E-state index is 9.68. The smallest absolute Gasteiger partial charge is 0.141 e. The Morgan fingerprint density at radius 1 is 1.13 bits per heavy atom. The molecule has 0 fully saturated rings. The van der Waals surface area contributed by atoms with Gasteiger partial charge in [-0.2, -0.15) is 10.5 Å². The van der Waals surface area contributed by atoms with E-state index < -0.39 is 0 Å². The van der Waals surface area contributed by atoms with Crippen LogP contribution >= 0.6 is 11.3 Å². The zero-order chi connectivity index (χ0) is 16.0. The monoisotopic (exact) mass is 317 g/mol. The zero-order valence-corrected chi connectivity index (χ0v) is 12.8. The fourth-order valence-corrected chi connectivity index (χ4v) is 3.89. The molecule has 1 aromatic carbocycles. The summed E-state index contributed by atoms with van der Waals surface area (Å²) in [6, 6.07) is 15.9. The summed E-state index contributed by atoms with van der Waals surface area (Å²) in [5.41, 5.74) is 9.38. The first-order valence-electron chi connectivity index (χ1n) is 7.00. The molecule has 23 heavy (non-hydrogen) atoms. The molecule has 1 unspecified atom stereocenters. The zero-order valence-electron chi connectivity index (χ0n) is 11.9. The van der Waals surface area contributed by atoms with E-state index in [-0.39, 0.29) is 5.92 Å². The Hall–Kier alpha value is -3.22. The second-order valence-corrected chi connectivity index (χ2v) is 6.20. The standard InChI is InChI=1S/C17H11N5S/c18-8-10-13(9-19)22-12-5-2-1-4-11(12)21-17(22)16(20)15(10)14-6-3-7-23-14/h1-7,15,21H,20H2. The number of nitrogens with one attached hydrogen (secondary N) is 1. The lowest BCUT2D eigenvalue weighted by atomic mass is 9.90. The van der Waals surface area contributed by atoms with E-state index in [4.69, 9.17) is 5.73 Å². The average molecular weight is 317 g/mol.